The van der Waals surface area contributed by atoms with E-state index in [0.29, 0.717) is 13.2 Å². The normalized spacial score (nSPS) is 32.9. The van der Waals surface area contributed by atoms with Gasteiger partial charge in [0, 0.05) is 12.6 Å². The molecule has 0 radical (unpaired) electrons. The summed E-state index contributed by atoms with van der Waals surface area (Å²) >= 11 is 0. The van der Waals surface area contributed by atoms with Crippen molar-refractivity contribution in [3.63, 3.8) is 0 Å². The number of carbonyl (C=O) groups is 1. The molecule has 18 heavy (non-hydrogen) atoms. The molecule has 1 spiro atoms. The van der Waals surface area contributed by atoms with E-state index in [9.17, 15) is 4.79 Å². The van der Waals surface area contributed by atoms with Gasteiger partial charge in [0.15, 0.2) is 0 Å². The lowest BCUT2D eigenvalue weighted by Gasteiger charge is -2.43. The molecule has 0 aromatic heterocycles. The van der Waals surface area contributed by atoms with Gasteiger partial charge in [-0.05, 0) is 40.0 Å². The molecule has 0 aliphatic carbocycles. The Morgan fingerprint density at radius 3 is 2.83 bits per heavy atom. The van der Waals surface area contributed by atoms with Crippen LogP contribution in [0.5, 0.6) is 0 Å². The van der Waals surface area contributed by atoms with Crippen LogP contribution in [0.1, 0.15) is 40.0 Å². The maximum Gasteiger partial charge on any atom is 0.410 e. The monoisotopic (exact) mass is 256 g/mol. The fraction of sp³-hybridized carbons (Fsp3) is 0.923. The minimum atomic E-state index is -0.460. The Hall–Kier alpha value is -0.810. The van der Waals surface area contributed by atoms with Crippen molar-refractivity contribution in [2.24, 2.45) is 5.73 Å². The average molecular weight is 256 g/mol. The zero-order chi connectivity index (χ0) is 13.4. The molecule has 2 heterocycles. The summed E-state index contributed by atoms with van der Waals surface area (Å²) < 4.78 is 11.0. The summed E-state index contributed by atoms with van der Waals surface area (Å²) in [7, 11) is 0. The summed E-state index contributed by atoms with van der Waals surface area (Å²) in [6, 6.07) is 0.0155. The van der Waals surface area contributed by atoms with E-state index in [1.807, 2.05) is 25.7 Å². The van der Waals surface area contributed by atoms with Crippen LogP contribution in [0, 0.1) is 0 Å². The fourth-order valence-corrected chi connectivity index (χ4v) is 2.91. The van der Waals surface area contributed by atoms with Crippen LogP contribution in [-0.2, 0) is 9.47 Å². The van der Waals surface area contributed by atoms with Crippen molar-refractivity contribution >= 4 is 6.09 Å². The number of nitrogens with two attached hydrogens (primary N) is 1. The zero-order valence-electron chi connectivity index (χ0n) is 11.6. The van der Waals surface area contributed by atoms with Crippen LogP contribution in [0.4, 0.5) is 4.79 Å². The first-order valence-corrected chi connectivity index (χ1v) is 6.66. The second-order valence-corrected chi connectivity index (χ2v) is 6.44. The minimum absolute atomic E-state index is 0.0155. The van der Waals surface area contributed by atoms with Crippen LogP contribution in [-0.4, -0.2) is 47.9 Å². The van der Waals surface area contributed by atoms with Gasteiger partial charge in [0.1, 0.15) is 5.60 Å². The highest BCUT2D eigenvalue weighted by Gasteiger charge is 2.48. The molecule has 104 valence electrons. The van der Waals surface area contributed by atoms with Gasteiger partial charge >= 0.3 is 6.09 Å². The molecule has 0 aromatic rings. The largest absolute Gasteiger partial charge is 0.444 e. The summed E-state index contributed by atoms with van der Waals surface area (Å²) in [5, 5.41) is 0. The Labute approximate surface area is 109 Å². The average Bonchev–Trinajstić information content (AvgIpc) is 2.58. The molecule has 2 N–H and O–H groups in total. The zero-order valence-corrected chi connectivity index (χ0v) is 11.6. The number of rotatable bonds is 0. The molecule has 0 saturated carbocycles. The number of hydrogen-bond acceptors (Lipinski definition) is 4. The molecule has 5 nitrogen and oxygen atoms in total. The Balaban J connectivity index is 2.09. The maximum absolute atomic E-state index is 12.2. The predicted octanol–water partition coefficient (Wildman–Crippen LogP) is 1.50. The van der Waals surface area contributed by atoms with Crippen LogP contribution in [0.3, 0.4) is 0 Å². The molecular formula is C13H24N2O3. The third-order valence-electron chi connectivity index (χ3n) is 3.56. The molecule has 2 unspecified atom stereocenters. The van der Waals surface area contributed by atoms with Crippen LogP contribution >= 0.6 is 0 Å². The number of hydrogen-bond donors (Lipinski definition) is 1. The van der Waals surface area contributed by atoms with Crippen molar-refractivity contribution in [3.8, 4) is 0 Å². The molecular weight excluding hydrogens is 232 g/mol. The number of ether oxygens (including phenoxy) is 2. The second kappa shape index (κ2) is 4.70. The van der Waals surface area contributed by atoms with E-state index in [0.717, 1.165) is 25.8 Å². The highest BCUT2D eigenvalue weighted by atomic mass is 16.6. The molecule has 2 saturated heterocycles. The van der Waals surface area contributed by atoms with Crippen LogP contribution < -0.4 is 5.73 Å². The first-order valence-electron chi connectivity index (χ1n) is 6.66. The summed E-state index contributed by atoms with van der Waals surface area (Å²) in [6.45, 7) is 7.57. The molecule has 2 fully saturated rings. The number of carbonyl (C=O) groups excluding carboxylic acids is 1. The van der Waals surface area contributed by atoms with E-state index in [4.69, 9.17) is 15.2 Å². The molecule has 0 bridgehead atoms. The maximum atomic E-state index is 12.2. The Morgan fingerprint density at radius 2 is 2.22 bits per heavy atom. The molecule has 2 aliphatic rings. The van der Waals surface area contributed by atoms with Crippen molar-refractivity contribution < 1.29 is 14.3 Å². The first kappa shape index (κ1) is 13.6. The standard InChI is InChI=1S/C13H24N2O3/c1-12(2,3)18-11(16)15-6-4-5-13(15)7-10(14)8-17-9-13/h10H,4-9,14H2,1-3H3. The molecule has 5 heteroatoms. The van der Waals surface area contributed by atoms with Crippen molar-refractivity contribution in [1.82, 2.24) is 4.90 Å². The van der Waals surface area contributed by atoms with Gasteiger partial charge in [-0.25, -0.2) is 4.79 Å². The SMILES string of the molecule is CC(C)(C)OC(=O)N1CCCC12COCC(N)C2. The highest BCUT2D eigenvalue weighted by Crippen LogP contribution is 2.36. The van der Waals surface area contributed by atoms with E-state index in [-0.39, 0.29) is 17.7 Å². The topological polar surface area (TPSA) is 64.8 Å². The van der Waals surface area contributed by atoms with Crippen molar-refractivity contribution in [3.05, 3.63) is 0 Å². The molecule has 1 amide bonds. The van der Waals surface area contributed by atoms with Gasteiger partial charge < -0.3 is 20.1 Å². The summed E-state index contributed by atoms with van der Waals surface area (Å²) in [5.74, 6) is 0. The van der Waals surface area contributed by atoms with Gasteiger partial charge in [-0.15, -0.1) is 0 Å². The van der Waals surface area contributed by atoms with E-state index >= 15 is 0 Å². The minimum Gasteiger partial charge on any atom is -0.444 e. The van der Waals surface area contributed by atoms with Gasteiger partial charge in [-0.2, -0.15) is 0 Å². The predicted molar refractivity (Wildman–Crippen MR) is 68.3 cm³/mol. The molecule has 0 aromatic carbocycles. The number of likely N-dealkylation sites (tertiary alicyclic amines) is 1. The fourth-order valence-electron chi connectivity index (χ4n) is 2.91. The molecule has 2 atom stereocenters. The third kappa shape index (κ3) is 2.78. The van der Waals surface area contributed by atoms with Gasteiger partial charge in [-0.3, -0.25) is 0 Å². The second-order valence-electron chi connectivity index (χ2n) is 6.44. The molecule has 2 rings (SSSR count). The number of nitrogens with zero attached hydrogens (tertiary/aromatic N) is 1. The lowest BCUT2D eigenvalue weighted by molar-refractivity contribution is -0.0498. The van der Waals surface area contributed by atoms with Crippen molar-refractivity contribution in [2.75, 3.05) is 19.8 Å². The Bertz CT molecular complexity index is 327. The van der Waals surface area contributed by atoms with E-state index in [1.54, 1.807) is 0 Å². The lowest BCUT2D eigenvalue weighted by Crippen LogP contribution is -2.57. The highest BCUT2D eigenvalue weighted by molar-refractivity contribution is 5.69. The third-order valence-corrected chi connectivity index (χ3v) is 3.56. The van der Waals surface area contributed by atoms with Gasteiger partial charge in [-0.1, -0.05) is 0 Å². The van der Waals surface area contributed by atoms with Crippen LogP contribution in [0.15, 0.2) is 0 Å². The summed E-state index contributed by atoms with van der Waals surface area (Å²) in [4.78, 5) is 14.1. The van der Waals surface area contributed by atoms with E-state index in [1.165, 1.54) is 0 Å². The van der Waals surface area contributed by atoms with Gasteiger partial charge in [0.25, 0.3) is 0 Å². The smallest absolute Gasteiger partial charge is 0.410 e. The lowest BCUT2D eigenvalue weighted by atomic mass is 9.87. The van der Waals surface area contributed by atoms with Crippen LogP contribution in [0.25, 0.3) is 0 Å². The Morgan fingerprint density at radius 1 is 1.50 bits per heavy atom. The molecule has 2 aliphatic heterocycles. The first-order chi connectivity index (χ1) is 8.32. The summed E-state index contributed by atoms with van der Waals surface area (Å²) in [5.41, 5.74) is 5.28. The van der Waals surface area contributed by atoms with Crippen molar-refractivity contribution in [2.45, 2.75) is 57.2 Å². The van der Waals surface area contributed by atoms with Crippen molar-refractivity contribution in [1.29, 1.82) is 0 Å². The quantitative estimate of drug-likeness (QED) is 0.713. The van der Waals surface area contributed by atoms with E-state index in [2.05, 4.69) is 0 Å². The van der Waals surface area contributed by atoms with Gasteiger partial charge in [0.2, 0.25) is 0 Å². The van der Waals surface area contributed by atoms with Crippen LogP contribution in [0.2, 0.25) is 0 Å². The number of amides is 1. The van der Waals surface area contributed by atoms with Gasteiger partial charge in [0.05, 0.1) is 18.8 Å². The Kier molecular flexibility index (Phi) is 3.56. The summed E-state index contributed by atoms with van der Waals surface area (Å²) in [6.07, 6.45) is 2.53. The van der Waals surface area contributed by atoms with E-state index < -0.39 is 5.60 Å².